The van der Waals surface area contributed by atoms with Gasteiger partial charge in [-0.3, -0.25) is 4.79 Å². The largest absolute Gasteiger partial charge is 0.312 e. The lowest BCUT2D eigenvalue weighted by Gasteiger charge is -2.10. The first-order valence-electron chi connectivity index (χ1n) is 11.2. The minimum absolute atomic E-state index is 0.227. The van der Waals surface area contributed by atoms with Crippen LogP contribution >= 0.6 is 22.9 Å². The second-order valence-electron chi connectivity index (χ2n) is 8.27. The lowest BCUT2D eigenvalue weighted by Crippen LogP contribution is -2.13. The number of carbonyl (C=O) groups is 1. The van der Waals surface area contributed by atoms with E-state index in [2.05, 4.69) is 11.4 Å². The third-order valence-electron chi connectivity index (χ3n) is 6.11. The first-order valence-corrected chi connectivity index (χ1v) is 12.3. The molecule has 5 rings (SSSR count). The standard InChI is InChI=1S/C27H22ClN3OS/c28-18-13-11-17(12-14-18)24-15-21(19-7-5-6-9-23(19)30-24)26(32)31-27-22(16-29)20-8-3-1-2-4-10-25(20)33-27/h5-7,9,11-15H,1-4,8,10H2,(H,31,32). The molecule has 1 N–H and O–H groups in total. The number of carbonyl (C=O) groups excluding carboxylic acids is 1. The second-order valence-corrected chi connectivity index (χ2v) is 9.81. The Balaban J connectivity index is 1.56. The molecule has 33 heavy (non-hydrogen) atoms. The molecule has 4 nitrogen and oxygen atoms in total. The van der Waals surface area contributed by atoms with Crippen molar-refractivity contribution in [2.24, 2.45) is 0 Å². The van der Waals surface area contributed by atoms with E-state index in [1.54, 1.807) is 11.3 Å². The third kappa shape index (κ3) is 4.37. The number of hydrogen-bond donors (Lipinski definition) is 1. The first kappa shape index (κ1) is 21.6. The molecule has 0 bridgehead atoms. The molecule has 0 saturated heterocycles. The summed E-state index contributed by atoms with van der Waals surface area (Å²) in [7, 11) is 0. The summed E-state index contributed by atoms with van der Waals surface area (Å²) in [5.41, 5.74) is 4.62. The number of benzene rings is 2. The average Bonchev–Trinajstić information content (AvgIpc) is 3.13. The van der Waals surface area contributed by atoms with Crippen LogP contribution in [0.3, 0.4) is 0 Å². The molecule has 0 unspecified atom stereocenters. The highest BCUT2D eigenvalue weighted by Crippen LogP contribution is 2.37. The van der Waals surface area contributed by atoms with Crippen LogP contribution in [0.5, 0.6) is 0 Å². The third-order valence-corrected chi connectivity index (χ3v) is 7.57. The number of thiophene rings is 1. The van der Waals surface area contributed by atoms with Crippen molar-refractivity contribution in [3.05, 3.63) is 81.2 Å². The van der Waals surface area contributed by atoms with Crippen LogP contribution in [0.4, 0.5) is 5.00 Å². The fraction of sp³-hybridized carbons (Fsp3) is 0.222. The van der Waals surface area contributed by atoms with Crippen molar-refractivity contribution in [2.75, 3.05) is 5.32 Å². The fourth-order valence-electron chi connectivity index (χ4n) is 4.43. The van der Waals surface area contributed by atoms with E-state index in [-0.39, 0.29) is 5.91 Å². The van der Waals surface area contributed by atoms with Crippen molar-refractivity contribution < 1.29 is 4.79 Å². The van der Waals surface area contributed by atoms with Gasteiger partial charge < -0.3 is 5.32 Å². The number of nitriles is 1. The van der Waals surface area contributed by atoms with Gasteiger partial charge in [0.25, 0.3) is 5.91 Å². The number of aryl methyl sites for hydroxylation is 1. The number of anilines is 1. The molecule has 0 fully saturated rings. The summed E-state index contributed by atoms with van der Waals surface area (Å²) in [6.45, 7) is 0. The summed E-state index contributed by atoms with van der Waals surface area (Å²) in [5.74, 6) is -0.227. The number of amides is 1. The summed E-state index contributed by atoms with van der Waals surface area (Å²) in [6, 6.07) is 19.2. The zero-order valence-corrected chi connectivity index (χ0v) is 19.6. The number of aromatic nitrogens is 1. The van der Waals surface area contributed by atoms with Gasteiger partial charge in [-0.05, 0) is 55.5 Å². The molecule has 0 atom stereocenters. The Morgan fingerprint density at radius 1 is 1.03 bits per heavy atom. The van der Waals surface area contributed by atoms with Crippen molar-refractivity contribution in [3.8, 4) is 17.3 Å². The Hall–Kier alpha value is -3.20. The summed E-state index contributed by atoms with van der Waals surface area (Å²) < 4.78 is 0. The Labute approximate surface area is 201 Å². The lowest BCUT2D eigenvalue weighted by atomic mass is 9.97. The van der Waals surface area contributed by atoms with Crippen LogP contribution in [0.15, 0.2) is 54.6 Å². The van der Waals surface area contributed by atoms with Crippen LogP contribution in [-0.2, 0) is 12.8 Å². The van der Waals surface area contributed by atoms with Gasteiger partial charge in [0.2, 0.25) is 0 Å². The van der Waals surface area contributed by atoms with E-state index >= 15 is 0 Å². The molecule has 0 saturated carbocycles. The van der Waals surface area contributed by atoms with Crippen molar-refractivity contribution in [2.45, 2.75) is 38.5 Å². The van der Waals surface area contributed by atoms with E-state index in [9.17, 15) is 10.1 Å². The number of rotatable bonds is 3. The Morgan fingerprint density at radius 3 is 2.58 bits per heavy atom. The fourth-order valence-corrected chi connectivity index (χ4v) is 5.79. The predicted molar refractivity (Wildman–Crippen MR) is 135 cm³/mol. The van der Waals surface area contributed by atoms with Crippen molar-refractivity contribution in [1.29, 1.82) is 5.26 Å². The normalized spacial score (nSPS) is 13.6. The van der Waals surface area contributed by atoms with E-state index in [0.717, 1.165) is 47.7 Å². The van der Waals surface area contributed by atoms with Gasteiger partial charge in [0.1, 0.15) is 11.1 Å². The summed E-state index contributed by atoms with van der Waals surface area (Å²) in [4.78, 5) is 19.5. The van der Waals surface area contributed by atoms with Crippen LogP contribution in [-0.4, -0.2) is 10.9 Å². The number of fused-ring (bicyclic) bond motifs is 2. The monoisotopic (exact) mass is 471 g/mol. The SMILES string of the molecule is N#Cc1c(NC(=O)c2cc(-c3ccc(Cl)cc3)nc3ccccc23)sc2c1CCCCCC2. The number of para-hydroxylation sites is 1. The van der Waals surface area contributed by atoms with Gasteiger partial charge in [0.15, 0.2) is 0 Å². The highest BCUT2D eigenvalue weighted by Gasteiger charge is 2.22. The van der Waals surface area contributed by atoms with Crippen LogP contribution in [0, 0.1) is 11.3 Å². The average molecular weight is 472 g/mol. The number of hydrogen-bond acceptors (Lipinski definition) is 4. The van der Waals surface area contributed by atoms with Gasteiger partial charge >= 0.3 is 0 Å². The van der Waals surface area contributed by atoms with E-state index < -0.39 is 0 Å². The zero-order chi connectivity index (χ0) is 22.8. The maximum atomic E-state index is 13.5. The van der Waals surface area contributed by atoms with Crippen molar-refractivity contribution in [3.63, 3.8) is 0 Å². The number of pyridine rings is 1. The molecule has 1 aliphatic carbocycles. The molecular formula is C27H22ClN3OS. The molecule has 164 valence electrons. The molecule has 4 aromatic rings. The summed E-state index contributed by atoms with van der Waals surface area (Å²) >= 11 is 7.60. The maximum Gasteiger partial charge on any atom is 0.257 e. The van der Waals surface area contributed by atoms with Gasteiger partial charge in [0.05, 0.1) is 22.3 Å². The molecule has 0 radical (unpaired) electrons. The lowest BCUT2D eigenvalue weighted by molar-refractivity contribution is 0.102. The van der Waals surface area contributed by atoms with Crippen LogP contribution < -0.4 is 5.32 Å². The quantitative estimate of drug-likeness (QED) is 0.338. The van der Waals surface area contributed by atoms with Crippen molar-refractivity contribution >= 4 is 44.7 Å². The Bertz CT molecular complexity index is 1390. The zero-order valence-electron chi connectivity index (χ0n) is 18.0. The molecule has 2 aromatic heterocycles. The van der Waals surface area contributed by atoms with Crippen LogP contribution in [0.2, 0.25) is 5.02 Å². The van der Waals surface area contributed by atoms with Crippen LogP contribution in [0.25, 0.3) is 22.2 Å². The van der Waals surface area contributed by atoms with E-state index in [0.29, 0.717) is 26.8 Å². The van der Waals surface area contributed by atoms with Gasteiger partial charge in [0, 0.05) is 20.8 Å². The molecule has 6 heteroatoms. The molecule has 2 heterocycles. The number of nitrogens with one attached hydrogen (secondary N) is 1. The highest BCUT2D eigenvalue weighted by molar-refractivity contribution is 7.16. The topological polar surface area (TPSA) is 65.8 Å². The molecular weight excluding hydrogens is 450 g/mol. The highest BCUT2D eigenvalue weighted by atomic mass is 35.5. The Morgan fingerprint density at radius 2 is 1.79 bits per heavy atom. The van der Waals surface area contributed by atoms with E-state index in [1.165, 1.54) is 17.7 Å². The Kier molecular flexibility index (Phi) is 6.13. The predicted octanol–water partition coefficient (Wildman–Crippen LogP) is 7.40. The summed E-state index contributed by atoms with van der Waals surface area (Å²) in [5, 5.41) is 15.0. The minimum Gasteiger partial charge on any atom is -0.312 e. The summed E-state index contributed by atoms with van der Waals surface area (Å²) in [6.07, 6.45) is 6.51. The minimum atomic E-state index is -0.227. The van der Waals surface area contributed by atoms with Crippen molar-refractivity contribution in [1.82, 2.24) is 4.98 Å². The van der Waals surface area contributed by atoms with Crippen LogP contribution in [0.1, 0.15) is 52.0 Å². The molecule has 0 aliphatic heterocycles. The first-order chi connectivity index (χ1) is 16.1. The molecule has 1 amide bonds. The van der Waals surface area contributed by atoms with Gasteiger partial charge in [-0.15, -0.1) is 11.3 Å². The van der Waals surface area contributed by atoms with E-state index in [4.69, 9.17) is 16.6 Å². The molecule has 2 aromatic carbocycles. The smallest absolute Gasteiger partial charge is 0.257 e. The van der Waals surface area contributed by atoms with Gasteiger partial charge in [-0.1, -0.05) is 54.8 Å². The maximum absolute atomic E-state index is 13.5. The number of nitrogens with zero attached hydrogens (tertiary/aromatic N) is 2. The molecule has 1 aliphatic rings. The molecule has 0 spiro atoms. The van der Waals surface area contributed by atoms with E-state index in [1.807, 2.05) is 54.6 Å². The second kappa shape index (κ2) is 9.35. The van der Waals surface area contributed by atoms with Gasteiger partial charge in [-0.2, -0.15) is 5.26 Å². The van der Waals surface area contributed by atoms with Gasteiger partial charge in [-0.25, -0.2) is 4.98 Å². The number of halogens is 1.